The molecule has 1 aliphatic heterocycles. The van der Waals surface area contributed by atoms with Crippen molar-refractivity contribution in [2.24, 2.45) is 16.8 Å². The molecule has 0 radical (unpaired) electrons. The van der Waals surface area contributed by atoms with Crippen LogP contribution in [0.5, 0.6) is 0 Å². The zero-order chi connectivity index (χ0) is 15.3. The van der Waals surface area contributed by atoms with Gasteiger partial charge in [-0.05, 0) is 24.2 Å². The first-order chi connectivity index (χ1) is 10.7. The molecule has 0 aromatic heterocycles. The van der Waals surface area contributed by atoms with Gasteiger partial charge in [0.2, 0.25) is 0 Å². The number of amides is 1. The number of nitrogens with zero attached hydrogens (tertiary/aromatic N) is 2. The molecule has 1 aromatic carbocycles. The van der Waals surface area contributed by atoms with Crippen molar-refractivity contribution in [3.8, 4) is 0 Å². The monoisotopic (exact) mass is 332 g/mol. The first kappa shape index (κ1) is 14.3. The number of thioether (sulfide) groups is 1. The van der Waals surface area contributed by atoms with E-state index < -0.39 is 5.54 Å². The number of alkyl halides is 1. The smallest absolute Gasteiger partial charge is 0.259 e. The Hall–Kier alpha value is -1.26. The van der Waals surface area contributed by atoms with Crippen molar-refractivity contribution >= 4 is 34.4 Å². The van der Waals surface area contributed by atoms with E-state index in [1.54, 1.807) is 0 Å². The topological polar surface area (TPSA) is 32.7 Å². The number of allylic oxidation sites excluding steroid dienone is 1. The Morgan fingerprint density at radius 1 is 1.36 bits per heavy atom. The Bertz CT molecular complexity index is 674. The summed E-state index contributed by atoms with van der Waals surface area (Å²) >= 11 is 8.17. The van der Waals surface area contributed by atoms with Crippen molar-refractivity contribution in [3.63, 3.8) is 0 Å². The van der Waals surface area contributed by atoms with E-state index in [0.29, 0.717) is 6.54 Å². The van der Waals surface area contributed by atoms with Gasteiger partial charge in [-0.3, -0.25) is 9.69 Å². The van der Waals surface area contributed by atoms with Gasteiger partial charge in [0.25, 0.3) is 5.91 Å². The second-order valence-electron chi connectivity index (χ2n) is 6.09. The number of benzene rings is 1. The van der Waals surface area contributed by atoms with Gasteiger partial charge in [-0.1, -0.05) is 54.2 Å². The average Bonchev–Trinajstić information content (AvgIpc) is 3.19. The highest BCUT2D eigenvalue weighted by molar-refractivity contribution is 8.13. The number of rotatable bonds is 2. The van der Waals surface area contributed by atoms with Crippen LogP contribution in [-0.2, 0) is 11.3 Å². The van der Waals surface area contributed by atoms with Gasteiger partial charge in [-0.25, -0.2) is 4.99 Å². The summed E-state index contributed by atoms with van der Waals surface area (Å²) in [5.41, 5.74) is 0.341. The molecule has 1 amide bonds. The van der Waals surface area contributed by atoms with Crippen molar-refractivity contribution in [3.05, 3.63) is 48.0 Å². The molecule has 2 aliphatic carbocycles. The molecule has 4 rings (SSSR count). The third-order valence-corrected chi connectivity index (χ3v) is 6.28. The van der Waals surface area contributed by atoms with Gasteiger partial charge in [0.05, 0.1) is 11.9 Å². The molecule has 5 heteroatoms. The van der Waals surface area contributed by atoms with Gasteiger partial charge in [0.1, 0.15) is 0 Å². The average molecular weight is 333 g/mol. The fourth-order valence-electron chi connectivity index (χ4n) is 3.85. The quantitative estimate of drug-likeness (QED) is 0.615. The third kappa shape index (κ3) is 1.83. The maximum absolute atomic E-state index is 13.2. The number of halogens is 1. The van der Waals surface area contributed by atoms with Crippen LogP contribution >= 0.6 is 23.4 Å². The number of aliphatic imine (C=N–C) groups is 1. The summed E-state index contributed by atoms with van der Waals surface area (Å²) in [5, 5.41) is 0.568. The molecule has 1 aromatic rings. The molecular formula is C17H17ClN2OS. The summed E-state index contributed by atoms with van der Waals surface area (Å²) in [6.07, 6.45) is 7.20. The maximum Gasteiger partial charge on any atom is 0.259 e. The molecule has 1 saturated carbocycles. The number of carbonyl (C=O) groups is 1. The van der Waals surface area contributed by atoms with Crippen LogP contribution < -0.4 is 0 Å². The van der Waals surface area contributed by atoms with E-state index in [0.717, 1.165) is 17.2 Å². The molecule has 3 aliphatic rings. The molecule has 4 atom stereocenters. The molecule has 22 heavy (non-hydrogen) atoms. The third-order valence-electron chi connectivity index (χ3n) is 4.94. The van der Waals surface area contributed by atoms with Crippen molar-refractivity contribution in [1.29, 1.82) is 0 Å². The van der Waals surface area contributed by atoms with Gasteiger partial charge >= 0.3 is 0 Å². The molecule has 0 saturated heterocycles. The van der Waals surface area contributed by atoms with Crippen LogP contribution in [0.15, 0.2) is 47.5 Å². The van der Waals surface area contributed by atoms with Gasteiger partial charge < -0.3 is 0 Å². The van der Waals surface area contributed by atoms with Crippen molar-refractivity contribution in [2.45, 2.75) is 23.9 Å². The summed E-state index contributed by atoms with van der Waals surface area (Å²) in [6.45, 7) is 0.561. The zero-order valence-electron chi connectivity index (χ0n) is 12.3. The van der Waals surface area contributed by atoms with E-state index in [2.05, 4.69) is 12.2 Å². The van der Waals surface area contributed by atoms with Crippen LogP contribution in [0.4, 0.5) is 0 Å². The second kappa shape index (κ2) is 5.14. The van der Waals surface area contributed by atoms with Crippen molar-refractivity contribution < 1.29 is 4.79 Å². The lowest BCUT2D eigenvalue weighted by atomic mass is 9.84. The molecule has 0 unspecified atom stereocenters. The number of hydrogen-bond donors (Lipinski definition) is 0. The summed E-state index contributed by atoms with van der Waals surface area (Å²) in [4.78, 5) is 19.8. The molecular weight excluding hydrogens is 316 g/mol. The van der Waals surface area contributed by atoms with E-state index in [9.17, 15) is 4.79 Å². The minimum absolute atomic E-state index is 0.0672. The Morgan fingerprint density at radius 3 is 2.77 bits per heavy atom. The van der Waals surface area contributed by atoms with E-state index >= 15 is 0 Å². The van der Waals surface area contributed by atoms with Crippen LogP contribution in [0, 0.1) is 11.8 Å². The molecule has 0 N–H and O–H groups in total. The van der Waals surface area contributed by atoms with Crippen LogP contribution in [0.1, 0.15) is 12.0 Å². The minimum atomic E-state index is -0.770. The maximum atomic E-state index is 13.2. The molecule has 3 nitrogen and oxygen atoms in total. The lowest BCUT2D eigenvalue weighted by Crippen LogP contribution is -2.50. The normalized spacial score (nSPS) is 35.7. The summed E-state index contributed by atoms with van der Waals surface area (Å²) in [5.74, 6) is 0.493. The number of amidine groups is 1. The Kier molecular flexibility index (Phi) is 3.35. The molecule has 1 fully saturated rings. The van der Waals surface area contributed by atoms with E-state index in [4.69, 9.17) is 16.6 Å². The Morgan fingerprint density at radius 2 is 2.14 bits per heavy atom. The molecule has 1 heterocycles. The molecule has 1 spiro atoms. The van der Waals surface area contributed by atoms with Gasteiger partial charge in [-0.15, -0.1) is 11.6 Å². The zero-order valence-corrected chi connectivity index (χ0v) is 13.8. The van der Waals surface area contributed by atoms with Crippen LogP contribution in [-0.4, -0.2) is 33.1 Å². The Labute approximate surface area is 139 Å². The van der Waals surface area contributed by atoms with Crippen LogP contribution in [0.25, 0.3) is 0 Å². The SMILES string of the molecule is CSC1=N[C@]2(C(=O)N1Cc1ccccc1)[C@@H]1C=C[C@@H](C1)[C@@H]2Cl. The first-order valence-electron chi connectivity index (χ1n) is 7.49. The number of carbonyl (C=O) groups excluding carboxylic acids is 1. The van der Waals surface area contributed by atoms with Crippen molar-refractivity contribution in [1.82, 2.24) is 4.90 Å². The first-order valence-corrected chi connectivity index (χ1v) is 9.15. The lowest BCUT2D eigenvalue weighted by Gasteiger charge is -2.31. The fraction of sp³-hybridized carbons (Fsp3) is 0.412. The van der Waals surface area contributed by atoms with Gasteiger partial charge in [0.15, 0.2) is 10.7 Å². The summed E-state index contributed by atoms with van der Waals surface area (Å²) < 4.78 is 0. The van der Waals surface area contributed by atoms with Crippen LogP contribution in [0.2, 0.25) is 0 Å². The number of fused-ring (bicyclic) bond motifs is 3. The van der Waals surface area contributed by atoms with Crippen LogP contribution in [0.3, 0.4) is 0 Å². The van der Waals surface area contributed by atoms with Crippen molar-refractivity contribution in [2.75, 3.05) is 6.26 Å². The molecule has 114 valence electrons. The minimum Gasteiger partial charge on any atom is -0.285 e. The highest BCUT2D eigenvalue weighted by atomic mass is 35.5. The molecule has 2 bridgehead atoms. The lowest BCUT2D eigenvalue weighted by molar-refractivity contribution is -0.132. The van der Waals surface area contributed by atoms with E-state index in [-0.39, 0.29) is 23.1 Å². The standard InChI is InChI=1S/C17H17ClN2OS/c1-22-16-19-17(13-8-7-12(9-13)14(17)18)15(21)20(16)10-11-5-3-2-4-6-11/h2-8,12-14H,9-10H2,1H3/t12-,13+,14-,17+/m0/s1. The highest BCUT2D eigenvalue weighted by Gasteiger charge is 2.64. The fourth-order valence-corrected chi connectivity index (χ4v) is 4.95. The largest absolute Gasteiger partial charge is 0.285 e. The second-order valence-corrected chi connectivity index (χ2v) is 7.34. The number of hydrogen-bond acceptors (Lipinski definition) is 3. The van der Waals surface area contributed by atoms with Gasteiger partial charge in [0, 0.05) is 5.92 Å². The summed E-state index contributed by atoms with van der Waals surface area (Å²) in [6, 6.07) is 10.0. The highest BCUT2D eigenvalue weighted by Crippen LogP contribution is 2.54. The Balaban J connectivity index is 1.69. The van der Waals surface area contributed by atoms with E-state index in [1.807, 2.05) is 41.5 Å². The predicted octanol–water partition coefficient (Wildman–Crippen LogP) is 3.30. The van der Waals surface area contributed by atoms with E-state index in [1.165, 1.54) is 11.8 Å². The predicted molar refractivity (Wildman–Crippen MR) is 91.1 cm³/mol. The van der Waals surface area contributed by atoms with Gasteiger partial charge in [-0.2, -0.15) is 0 Å². The summed E-state index contributed by atoms with van der Waals surface area (Å²) in [7, 11) is 0.